The van der Waals surface area contributed by atoms with Gasteiger partial charge in [0.2, 0.25) is 0 Å². The maximum Gasteiger partial charge on any atom is 0.276 e. The zero-order valence-corrected chi connectivity index (χ0v) is 12.2. The van der Waals surface area contributed by atoms with E-state index in [1.165, 1.54) is 25.3 Å². The van der Waals surface area contributed by atoms with Crippen LogP contribution in [0.4, 0.5) is 10.1 Å². The molecule has 0 radical (unpaired) electrons. The summed E-state index contributed by atoms with van der Waals surface area (Å²) in [6.07, 6.45) is 0.820. The summed E-state index contributed by atoms with van der Waals surface area (Å²) >= 11 is 0. The molecule has 0 saturated carbocycles. The molecule has 1 aromatic carbocycles. The van der Waals surface area contributed by atoms with Crippen molar-refractivity contribution in [1.29, 1.82) is 0 Å². The number of amides is 1. The molecule has 0 spiro atoms. The highest BCUT2D eigenvalue weighted by Gasteiger charge is 2.14. The fourth-order valence-corrected chi connectivity index (χ4v) is 1.98. The molecule has 2 aromatic rings. The summed E-state index contributed by atoms with van der Waals surface area (Å²) in [6, 6.07) is 5.64. The van der Waals surface area contributed by atoms with E-state index in [1.54, 1.807) is 6.07 Å². The van der Waals surface area contributed by atoms with E-state index in [9.17, 15) is 9.18 Å². The summed E-state index contributed by atoms with van der Waals surface area (Å²) in [5.41, 5.74) is 1.59. The van der Waals surface area contributed by atoms with Gasteiger partial charge < -0.3 is 10.1 Å². The number of rotatable bonds is 5. The van der Waals surface area contributed by atoms with Gasteiger partial charge in [0.15, 0.2) is 5.69 Å². The Labute approximate surface area is 122 Å². The van der Waals surface area contributed by atoms with Crippen molar-refractivity contribution in [2.45, 2.75) is 20.3 Å². The van der Waals surface area contributed by atoms with Crippen molar-refractivity contribution in [1.82, 2.24) is 10.2 Å². The topological polar surface area (TPSA) is 67.0 Å². The molecule has 5 nitrogen and oxygen atoms in total. The Morgan fingerprint density at radius 2 is 2.19 bits per heavy atom. The summed E-state index contributed by atoms with van der Waals surface area (Å²) in [7, 11) is 1.42. The molecule has 1 aromatic heterocycles. The third-order valence-electron chi connectivity index (χ3n) is 2.90. The monoisotopic (exact) mass is 291 g/mol. The number of hydrogen-bond acceptors (Lipinski definition) is 3. The van der Waals surface area contributed by atoms with Crippen LogP contribution < -0.4 is 10.1 Å². The zero-order valence-electron chi connectivity index (χ0n) is 12.2. The molecule has 2 rings (SSSR count). The molecule has 0 aliphatic rings. The van der Waals surface area contributed by atoms with Crippen LogP contribution in [0.5, 0.6) is 5.75 Å². The fraction of sp³-hybridized carbons (Fsp3) is 0.333. The number of halogens is 1. The number of ether oxygens (including phenoxy) is 1. The van der Waals surface area contributed by atoms with Crippen LogP contribution in [0, 0.1) is 11.7 Å². The first-order chi connectivity index (χ1) is 9.99. The molecule has 0 bridgehead atoms. The second-order valence-electron chi connectivity index (χ2n) is 5.18. The lowest BCUT2D eigenvalue weighted by Crippen LogP contribution is -2.13. The van der Waals surface area contributed by atoms with Gasteiger partial charge in [-0.3, -0.25) is 9.89 Å². The van der Waals surface area contributed by atoms with Gasteiger partial charge in [0.25, 0.3) is 5.91 Å². The molecule has 0 atom stereocenters. The van der Waals surface area contributed by atoms with Crippen LogP contribution in [-0.4, -0.2) is 23.2 Å². The molecule has 0 saturated heterocycles. The van der Waals surface area contributed by atoms with Crippen LogP contribution in [0.15, 0.2) is 24.3 Å². The van der Waals surface area contributed by atoms with Crippen molar-refractivity contribution in [2.75, 3.05) is 12.4 Å². The summed E-state index contributed by atoms with van der Waals surface area (Å²) in [4.78, 5) is 12.1. The summed E-state index contributed by atoms with van der Waals surface area (Å²) in [6.45, 7) is 4.17. The largest absolute Gasteiger partial charge is 0.494 e. The van der Waals surface area contributed by atoms with E-state index in [1.807, 2.05) is 0 Å². The molecule has 0 fully saturated rings. The van der Waals surface area contributed by atoms with Gasteiger partial charge in [-0.1, -0.05) is 13.8 Å². The Hall–Kier alpha value is -2.37. The first-order valence-corrected chi connectivity index (χ1v) is 6.68. The van der Waals surface area contributed by atoms with Crippen molar-refractivity contribution >= 4 is 11.6 Å². The molecule has 2 N–H and O–H groups in total. The van der Waals surface area contributed by atoms with Gasteiger partial charge in [0.05, 0.1) is 12.8 Å². The quantitative estimate of drug-likeness (QED) is 0.890. The first kappa shape index (κ1) is 15.0. The Kier molecular flexibility index (Phi) is 4.57. The molecule has 1 heterocycles. The van der Waals surface area contributed by atoms with Gasteiger partial charge in [-0.15, -0.1) is 0 Å². The number of H-pyrrole nitrogens is 1. The highest BCUT2D eigenvalue weighted by atomic mass is 19.1. The number of anilines is 1. The van der Waals surface area contributed by atoms with E-state index in [-0.39, 0.29) is 17.4 Å². The summed E-state index contributed by atoms with van der Waals surface area (Å²) < 4.78 is 18.1. The number of carbonyl (C=O) groups excluding carboxylic acids is 1. The number of nitrogens with zero attached hydrogens (tertiary/aromatic N) is 1. The van der Waals surface area contributed by atoms with E-state index in [0.29, 0.717) is 11.6 Å². The van der Waals surface area contributed by atoms with Crippen LogP contribution >= 0.6 is 0 Å². The Balaban J connectivity index is 2.12. The van der Waals surface area contributed by atoms with E-state index < -0.39 is 5.82 Å². The molecule has 0 unspecified atom stereocenters. The van der Waals surface area contributed by atoms with E-state index >= 15 is 0 Å². The lowest BCUT2D eigenvalue weighted by molar-refractivity contribution is 0.102. The van der Waals surface area contributed by atoms with E-state index in [4.69, 9.17) is 4.74 Å². The maximum absolute atomic E-state index is 13.1. The molecule has 21 heavy (non-hydrogen) atoms. The Morgan fingerprint density at radius 1 is 1.43 bits per heavy atom. The van der Waals surface area contributed by atoms with Crippen molar-refractivity contribution in [2.24, 2.45) is 5.92 Å². The number of aromatic amines is 1. The highest BCUT2D eigenvalue weighted by molar-refractivity contribution is 6.03. The minimum atomic E-state index is -0.427. The number of carbonyl (C=O) groups is 1. The minimum absolute atomic E-state index is 0.265. The van der Waals surface area contributed by atoms with Gasteiger partial charge in [-0.25, -0.2) is 4.39 Å². The summed E-state index contributed by atoms with van der Waals surface area (Å²) in [5.74, 6) is -0.0603. The first-order valence-electron chi connectivity index (χ1n) is 6.68. The lowest BCUT2D eigenvalue weighted by Gasteiger charge is -2.08. The van der Waals surface area contributed by atoms with Crippen LogP contribution in [0.2, 0.25) is 0 Å². The van der Waals surface area contributed by atoms with Gasteiger partial charge in [0, 0.05) is 11.8 Å². The standard InChI is InChI=1S/C15H18FN3O2/c1-9(2)6-11-8-13(19-18-11)15(20)17-12-5-4-10(16)7-14(12)21-3/h4-5,7-9H,6H2,1-3H3,(H,17,20)(H,18,19). The van der Waals surface area contributed by atoms with Crippen LogP contribution in [0.25, 0.3) is 0 Å². The molecule has 112 valence electrons. The normalized spacial score (nSPS) is 10.7. The molecular formula is C15H18FN3O2. The minimum Gasteiger partial charge on any atom is -0.494 e. The molecular weight excluding hydrogens is 273 g/mol. The van der Waals surface area contributed by atoms with Gasteiger partial charge >= 0.3 is 0 Å². The van der Waals surface area contributed by atoms with Crippen molar-refractivity contribution < 1.29 is 13.9 Å². The number of aromatic nitrogens is 2. The average Bonchev–Trinajstić information content (AvgIpc) is 2.88. The Bertz CT molecular complexity index is 638. The highest BCUT2D eigenvalue weighted by Crippen LogP contribution is 2.25. The van der Waals surface area contributed by atoms with E-state index in [0.717, 1.165) is 12.1 Å². The predicted molar refractivity (Wildman–Crippen MR) is 78.0 cm³/mol. The lowest BCUT2D eigenvalue weighted by atomic mass is 10.1. The molecule has 1 amide bonds. The predicted octanol–water partition coefficient (Wildman–Crippen LogP) is 3.01. The second-order valence-corrected chi connectivity index (χ2v) is 5.18. The zero-order chi connectivity index (χ0) is 15.4. The molecule has 0 aliphatic heterocycles. The van der Waals surface area contributed by atoms with Crippen molar-refractivity contribution in [3.8, 4) is 5.75 Å². The molecule has 6 heteroatoms. The smallest absolute Gasteiger partial charge is 0.276 e. The maximum atomic E-state index is 13.1. The third-order valence-corrected chi connectivity index (χ3v) is 2.90. The number of benzene rings is 1. The van der Waals surface area contributed by atoms with E-state index in [2.05, 4.69) is 29.4 Å². The molecule has 0 aliphatic carbocycles. The van der Waals surface area contributed by atoms with Gasteiger partial charge in [-0.05, 0) is 30.5 Å². The van der Waals surface area contributed by atoms with Gasteiger partial charge in [0.1, 0.15) is 11.6 Å². The Morgan fingerprint density at radius 3 is 2.86 bits per heavy atom. The fourth-order valence-electron chi connectivity index (χ4n) is 1.98. The van der Waals surface area contributed by atoms with Gasteiger partial charge in [-0.2, -0.15) is 5.10 Å². The van der Waals surface area contributed by atoms with Crippen molar-refractivity contribution in [3.63, 3.8) is 0 Å². The SMILES string of the molecule is COc1cc(F)ccc1NC(=O)c1cc(CC(C)C)[nH]n1. The number of methoxy groups -OCH3 is 1. The average molecular weight is 291 g/mol. The third kappa shape index (κ3) is 3.81. The number of hydrogen-bond donors (Lipinski definition) is 2. The second kappa shape index (κ2) is 6.39. The van der Waals surface area contributed by atoms with Crippen LogP contribution in [0.3, 0.4) is 0 Å². The van der Waals surface area contributed by atoms with Crippen LogP contribution in [0.1, 0.15) is 30.0 Å². The number of nitrogens with one attached hydrogen (secondary N) is 2. The van der Waals surface area contributed by atoms with Crippen LogP contribution in [-0.2, 0) is 6.42 Å². The summed E-state index contributed by atoms with van der Waals surface area (Å²) in [5, 5.41) is 9.48. The van der Waals surface area contributed by atoms with Crippen molar-refractivity contribution in [3.05, 3.63) is 41.5 Å².